The SMILES string of the molecule is CCCCC1CC[C@@H]2C[C@H](c3ccc(-c4ccc(OCC(F)(F)F)c(F)c4)c(F)c3)CC[C@@H]2C1. The van der Waals surface area contributed by atoms with Gasteiger partial charge in [0, 0.05) is 5.56 Å². The van der Waals surface area contributed by atoms with Crippen molar-refractivity contribution in [3.63, 3.8) is 0 Å². The van der Waals surface area contributed by atoms with E-state index < -0.39 is 30.2 Å². The minimum atomic E-state index is -4.55. The summed E-state index contributed by atoms with van der Waals surface area (Å²) in [6, 6.07) is 8.65. The minimum absolute atomic E-state index is 0.232. The first-order chi connectivity index (χ1) is 16.2. The topological polar surface area (TPSA) is 9.23 Å². The van der Waals surface area contributed by atoms with Crippen LogP contribution < -0.4 is 4.74 Å². The van der Waals surface area contributed by atoms with Crippen LogP contribution in [-0.4, -0.2) is 12.8 Å². The fourth-order valence-electron chi connectivity index (χ4n) is 6.01. The molecule has 2 saturated carbocycles. The monoisotopic (exact) mass is 480 g/mol. The molecule has 0 bridgehead atoms. The number of hydrogen-bond acceptors (Lipinski definition) is 1. The summed E-state index contributed by atoms with van der Waals surface area (Å²) in [7, 11) is 0. The molecule has 2 fully saturated rings. The fraction of sp³-hybridized carbons (Fsp3) is 0.571. The summed E-state index contributed by atoms with van der Waals surface area (Å²) in [6.45, 7) is 0.675. The van der Waals surface area contributed by atoms with E-state index in [-0.39, 0.29) is 11.1 Å². The number of halogens is 5. The Morgan fingerprint density at radius 1 is 0.882 bits per heavy atom. The van der Waals surface area contributed by atoms with Crippen molar-refractivity contribution in [1.29, 1.82) is 0 Å². The van der Waals surface area contributed by atoms with Gasteiger partial charge in [-0.15, -0.1) is 0 Å². The number of alkyl halides is 3. The van der Waals surface area contributed by atoms with Crippen LogP contribution in [0.2, 0.25) is 0 Å². The number of hydrogen-bond donors (Lipinski definition) is 0. The molecule has 2 aliphatic rings. The predicted octanol–water partition coefficient (Wildman–Crippen LogP) is 9.06. The number of unbranched alkanes of at least 4 members (excludes halogenated alkanes) is 1. The highest BCUT2D eigenvalue weighted by Gasteiger charge is 2.36. The van der Waals surface area contributed by atoms with Gasteiger partial charge in [-0.05, 0) is 85.1 Å². The lowest BCUT2D eigenvalue weighted by Gasteiger charge is -2.42. The predicted molar refractivity (Wildman–Crippen MR) is 124 cm³/mol. The van der Waals surface area contributed by atoms with Crippen LogP contribution in [0.15, 0.2) is 36.4 Å². The van der Waals surface area contributed by atoms with Crippen LogP contribution in [0.25, 0.3) is 11.1 Å². The van der Waals surface area contributed by atoms with E-state index in [1.54, 1.807) is 12.1 Å². The van der Waals surface area contributed by atoms with E-state index in [4.69, 9.17) is 0 Å². The molecule has 4 rings (SSSR count). The summed E-state index contributed by atoms with van der Waals surface area (Å²) in [5, 5.41) is 0. The third-order valence-electron chi connectivity index (χ3n) is 7.79. The maximum Gasteiger partial charge on any atom is 0.422 e. The summed E-state index contributed by atoms with van der Waals surface area (Å²) in [4.78, 5) is 0. The quantitative estimate of drug-likeness (QED) is 0.359. The van der Waals surface area contributed by atoms with Gasteiger partial charge in [0.25, 0.3) is 0 Å². The largest absolute Gasteiger partial charge is 0.481 e. The summed E-state index contributed by atoms with van der Waals surface area (Å²) < 4.78 is 70.7. The molecule has 0 saturated heterocycles. The standard InChI is InChI=1S/C28H33F5O/c1-2-3-4-18-5-6-20-14-21(8-7-19(20)13-18)22-9-11-24(25(29)15-22)23-10-12-27(26(30)16-23)34-17-28(31,32)33/h9-12,15-16,18-21H,2-8,13-14,17H2,1H3/t18?,19-,20-,21-/m1/s1. The number of rotatable bonds is 7. The zero-order valence-corrected chi connectivity index (χ0v) is 19.6. The number of ether oxygens (including phenoxy) is 1. The molecule has 0 radical (unpaired) electrons. The molecule has 4 atom stereocenters. The Kier molecular flexibility index (Phi) is 7.83. The van der Waals surface area contributed by atoms with E-state index >= 15 is 4.39 Å². The number of fused-ring (bicyclic) bond motifs is 1. The van der Waals surface area contributed by atoms with Crippen LogP contribution in [-0.2, 0) is 0 Å². The normalized spacial score (nSPS) is 25.1. The van der Waals surface area contributed by atoms with Gasteiger partial charge in [0.15, 0.2) is 18.2 Å². The van der Waals surface area contributed by atoms with Crippen LogP contribution in [0.5, 0.6) is 5.75 Å². The van der Waals surface area contributed by atoms with Crippen molar-refractivity contribution in [3.8, 4) is 16.9 Å². The third-order valence-corrected chi connectivity index (χ3v) is 7.79. The zero-order chi connectivity index (χ0) is 24.3. The molecule has 0 heterocycles. The van der Waals surface area contributed by atoms with Gasteiger partial charge in [-0.3, -0.25) is 0 Å². The minimum Gasteiger partial charge on any atom is -0.481 e. The van der Waals surface area contributed by atoms with Gasteiger partial charge in [0.2, 0.25) is 0 Å². The highest BCUT2D eigenvalue weighted by Crippen LogP contribution is 2.48. The van der Waals surface area contributed by atoms with Crippen molar-refractivity contribution in [3.05, 3.63) is 53.6 Å². The Morgan fingerprint density at radius 3 is 2.35 bits per heavy atom. The van der Waals surface area contributed by atoms with Gasteiger partial charge in [-0.2, -0.15) is 13.2 Å². The first-order valence-electron chi connectivity index (χ1n) is 12.5. The fourth-order valence-corrected chi connectivity index (χ4v) is 6.01. The van der Waals surface area contributed by atoms with Crippen molar-refractivity contribution in [1.82, 2.24) is 0 Å². The second kappa shape index (κ2) is 10.7. The summed E-state index contributed by atoms with van der Waals surface area (Å²) in [5.41, 5.74) is 1.49. The summed E-state index contributed by atoms with van der Waals surface area (Å²) in [5.74, 6) is 0.852. The molecule has 0 spiro atoms. The Morgan fingerprint density at radius 2 is 1.65 bits per heavy atom. The summed E-state index contributed by atoms with van der Waals surface area (Å²) >= 11 is 0. The van der Waals surface area contributed by atoms with E-state index in [2.05, 4.69) is 11.7 Å². The molecular formula is C28H33F5O. The van der Waals surface area contributed by atoms with Gasteiger partial charge < -0.3 is 4.74 Å². The first kappa shape index (κ1) is 25.0. The van der Waals surface area contributed by atoms with Gasteiger partial charge in [-0.25, -0.2) is 8.78 Å². The van der Waals surface area contributed by atoms with Gasteiger partial charge in [-0.1, -0.05) is 50.8 Å². The first-order valence-corrected chi connectivity index (χ1v) is 12.5. The number of benzene rings is 2. The molecule has 0 amide bonds. The van der Waals surface area contributed by atoms with Crippen molar-refractivity contribution in [2.45, 2.75) is 76.8 Å². The maximum atomic E-state index is 15.0. The van der Waals surface area contributed by atoms with Gasteiger partial charge in [0.1, 0.15) is 5.82 Å². The Balaban J connectivity index is 1.41. The molecule has 2 aromatic rings. The molecule has 34 heavy (non-hydrogen) atoms. The smallest absolute Gasteiger partial charge is 0.422 e. The zero-order valence-electron chi connectivity index (χ0n) is 19.6. The molecule has 186 valence electrons. The summed E-state index contributed by atoms with van der Waals surface area (Å²) in [6.07, 6.45) is 6.69. The molecule has 0 aromatic heterocycles. The van der Waals surface area contributed by atoms with Crippen LogP contribution in [0, 0.1) is 29.4 Å². The lowest BCUT2D eigenvalue weighted by Crippen LogP contribution is -2.30. The molecule has 1 nitrogen and oxygen atoms in total. The van der Waals surface area contributed by atoms with Crippen LogP contribution >= 0.6 is 0 Å². The van der Waals surface area contributed by atoms with Crippen molar-refractivity contribution in [2.24, 2.45) is 17.8 Å². The van der Waals surface area contributed by atoms with E-state index in [1.165, 1.54) is 51.0 Å². The average molecular weight is 481 g/mol. The van der Waals surface area contributed by atoms with E-state index in [0.29, 0.717) is 5.92 Å². The maximum absolute atomic E-state index is 15.0. The van der Waals surface area contributed by atoms with Crippen LogP contribution in [0.3, 0.4) is 0 Å². The molecule has 1 unspecified atom stereocenters. The van der Waals surface area contributed by atoms with Crippen molar-refractivity contribution in [2.75, 3.05) is 6.61 Å². The highest BCUT2D eigenvalue weighted by molar-refractivity contribution is 5.65. The van der Waals surface area contributed by atoms with Gasteiger partial charge >= 0.3 is 6.18 Å². The molecule has 0 aliphatic heterocycles. The Hall–Kier alpha value is -2.11. The molecule has 2 aliphatic carbocycles. The second-order valence-corrected chi connectivity index (χ2v) is 10.1. The second-order valence-electron chi connectivity index (χ2n) is 10.1. The molecule has 2 aromatic carbocycles. The molecular weight excluding hydrogens is 447 g/mol. The van der Waals surface area contributed by atoms with Gasteiger partial charge in [0.05, 0.1) is 0 Å². The lowest BCUT2D eigenvalue weighted by atomic mass is 9.63. The highest BCUT2D eigenvalue weighted by atomic mass is 19.4. The van der Waals surface area contributed by atoms with Crippen LogP contribution in [0.1, 0.15) is 76.2 Å². The van der Waals surface area contributed by atoms with E-state index in [9.17, 15) is 17.6 Å². The Bertz CT molecular complexity index is 970. The third kappa shape index (κ3) is 6.11. The van der Waals surface area contributed by atoms with E-state index in [1.807, 2.05) is 6.07 Å². The Labute approximate surface area is 198 Å². The lowest BCUT2D eigenvalue weighted by molar-refractivity contribution is -0.153. The van der Waals surface area contributed by atoms with Crippen molar-refractivity contribution < 1.29 is 26.7 Å². The van der Waals surface area contributed by atoms with E-state index in [0.717, 1.165) is 48.3 Å². The average Bonchev–Trinajstić information content (AvgIpc) is 2.81. The molecule has 0 N–H and O–H groups in total. The molecule has 6 heteroatoms. The van der Waals surface area contributed by atoms with Crippen molar-refractivity contribution >= 4 is 0 Å². The van der Waals surface area contributed by atoms with Crippen LogP contribution in [0.4, 0.5) is 22.0 Å².